The number of anilines is 1. The van der Waals surface area contributed by atoms with Crippen LogP contribution in [0, 0.1) is 5.92 Å². The Bertz CT molecular complexity index is 922. The maximum Gasteiger partial charge on any atom is 0.418 e. The highest BCUT2D eigenvalue weighted by atomic mass is 19.4. The first-order chi connectivity index (χ1) is 13.8. The van der Waals surface area contributed by atoms with Crippen molar-refractivity contribution in [3.63, 3.8) is 0 Å². The summed E-state index contributed by atoms with van der Waals surface area (Å²) in [4.78, 5) is 25.1. The predicted octanol–water partition coefficient (Wildman–Crippen LogP) is 4.94. The van der Waals surface area contributed by atoms with Crippen LogP contribution in [0.2, 0.25) is 0 Å². The number of nitrogens with one attached hydrogen (secondary N) is 1. The SMILES string of the molecule is CCOC(=O)[C@@H]1C(=O)C=C(Nc2ccccc2C(F)(F)F)C[C@H]1c1ccccc1. The fourth-order valence-electron chi connectivity index (χ4n) is 3.50. The van der Waals surface area contributed by atoms with Gasteiger partial charge in [0.2, 0.25) is 0 Å². The van der Waals surface area contributed by atoms with Crippen molar-refractivity contribution < 1.29 is 27.5 Å². The number of alkyl halides is 3. The molecule has 0 saturated heterocycles. The molecule has 2 atom stereocenters. The number of allylic oxidation sites excluding steroid dienone is 2. The van der Waals surface area contributed by atoms with Gasteiger partial charge in [0.05, 0.1) is 17.9 Å². The molecule has 1 aliphatic carbocycles. The molecule has 2 aromatic rings. The van der Waals surface area contributed by atoms with Gasteiger partial charge in [-0.25, -0.2) is 0 Å². The number of para-hydroxylation sites is 1. The number of halogens is 3. The first kappa shape index (κ1) is 20.6. The van der Waals surface area contributed by atoms with Crippen LogP contribution in [0.3, 0.4) is 0 Å². The fraction of sp³-hybridized carbons (Fsp3) is 0.273. The van der Waals surface area contributed by atoms with Crippen LogP contribution >= 0.6 is 0 Å². The molecule has 29 heavy (non-hydrogen) atoms. The molecule has 0 fully saturated rings. The maximum atomic E-state index is 13.3. The normalized spacial score (nSPS) is 19.4. The Kier molecular flexibility index (Phi) is 6.06. The van der Waals surface area contributed by atoms with Crippen LogP contribution in [0.25, 0.3) is 0 Å². The average molecular weight is 403 g/mol. The molecule has 0 saturated carbocycles. The van der Waals surface area contributed by atoms with Gasteiger partial charge in [-0.3, -0.25) is 9.59 Å². The van der Waals surface area contributed by atoms with Crippen LogP contribution in [-0.4, -0.2) is 18.4 Å². The van der Waals surface area contributed by atoms with Crippen LogP contribution in [0.5, 0.6) is 0 Å². The molecule has 2 aromatic carbocycles. The highest BCUT2D eigenvalue weighted by Gasteiger charge is 2.40. The van der Waals surface area contributed by atoms with Gasteiger partial charge in [-0.15, -0.1) is 0 Å². The summed E-state index contributed by atoms with van der Waals surface area (Å²) in [5.41, 5.74) is 0.106. The summed E-state index contributed by atoms with van der Waals surface area (Å²) in [5.74, 6) is -2.68. The van der Waals surface area contributed by atoms with E-state index >= 15 is 0 Å². The lowest BCUT2D eigenvalue weighted by Crippen LogP contribution is -2.35. The second-order valence-electron chi connectivity index (χ2n) is 6.69. The number of rotatable bonds is 5. The molecule has 0 bridgehead atoms. The predicted molar refractivity (Wildman–Crippen MR) is 102 cm³/mol. The zero-order valence-electron chi connectivity index (χ0n) is 15.7. The molecule has 0 amide bonds. The second-order valence-corrected chi connectivity index (χ2v) is 6.69. The highest BCUT2D eigenvalue weighted by Crippen LogP contribution is 2.39. The molecule has 0 radical (unpaired) electrons. The van der Waals surface area contributed by atoms with E-state index in [4.69, 9.17) is 4.74 Å². The topological polar surface area (TPSA) is 55.4 Å². The molecule has 0 aromatic heterocycles. The lowest BCUT2D eigenvalue weighted by molar-refractivity contribution is -0.151. The summed E-state index contributed by atoms with van der Waals surface area (Å²) >= 11 is 0. The lowest BCUT2D eigenvalue weighted by atomic mass is 9.76. The Hall–Kier alpha value is -3.09. The summed E-state index contributed by atoms with van der Waals surface area (Å²) in [6.07, 6.45) is -3.13. The third kappa shape index (κ3) is 4.67. The number of carbonyl (C=O) groups excluding carboxylic acids is 2. The van der Waals surface area contributed by atoms with Gasteiger partial charge in [-0.05, 0) is 31.0 Å². The minimum atomic E-state index is -4.53. The quantitative estimate of drug-likeness (QED) is 0.568. The van der Waals surface area contributed by atoms with Crippen molar-refractivity contribution in [3.05, 3.63) is 77.5 Å². The maximum absolute atomic E-state index is 13.3. The average Bonchev–Trinajstić information content (AvgIpc) is 2.68. The van der Waals surface area contributed by atoms with Gasteiger partial charge in [0, 0.05) is 17.7 Å². The zero-order chi connectivity index (χ0) is 21.0. The van der Waals surface area contributed by atoms with Crippen molar-refractivity contribution in [2.45, 2.75) is 25.4 Å². The molecule has 0 unspecified atom stereocenters. The van der Waals surface area contributed by atoms with Crippen molar-refractivity contribution in [2.24, 2.45) is 5.92 Å². The van der Waals surface area contributed by atoms with Crippen molar-refractivity contribution in [1.82, 2.24) is 0 Å². The van der Waals surface area contributed by atoms with Crippen molar-refractivity contribution in [2.75, 3.05) is 11.9 Å². The third-order valence-electron chi connectivity index (χ3n) is 4.76. The third-order valence-corrected chi connectivity index (χ3v) is 4.76. The van der Waals surface area contributed by atoms with Gasteiger partial charge in [0.1, 0.15) is 5.92 Å². The summed E-state index contributed by atoms with van der Waals surface area (Å²) in [5, 5.41) is 2.75. The van der Waals surface area contributed by atoms with Crippen LogP contribution in [0.4, 0.5) is 18.9 Å². The minimum absolute atomic E-state index is 0.137. The van der Waals surface area contributed by atoms with Crippen LogP contribution in [0.15, 0.2) is 66.4 Å². The number of hydrogen-bond donors (Lipinski definition) is 1. The van der Waals surface area contributed by atoms with E-state index in [1.165, 1.54) is 24.3 Å². The molecule has 152 valence electrons. The van der Waals surface area contributed by atoms with Gasteiger partial charge in [-0.1, -0.05) is 42.5 Å². The molecular weight excluding hydrogens is 383 g/mol. The largest absolute Gasteiger partial charge is 0.465 e. The Labute approximate surface area is 166 Å². The number of hydrogen-bond acceptors (Lipinski definition) is 4. The number of ether oxygens (including phenoxy) is 1. The molecule has 1 aliphatic rings. The van der Waals surface area contributed by atoms with E-state index in [9.17, 15) is 22.8 Å². The Balaban J connectivity index is 1.95. The van der Waals surface area contributed by atoms with Crippen molar-refractivity contribution in [1.29, 1.82) is 0 Å². The highest BCUT2D eigenvalue weighted by molar-refractivity contribution is 6.07. The molecule has 7 heteroatoms. The van der Waals surface area contributed by atoms with Gasteiger partial charge < -0.3 is 10.1 Å². The van der Waals surface area contributed by atoms with Crippen LogP contribution in [-0.2, 0) is 20.5 Å². The molecule has 0 aliphatic heterocycles. The fourth-order valence-corrected chi connectivity index (χ4v) is 3.50. The summed E-state index contributed by atoms with van der Waals surface area (Å²) in [7, 11) is 0. The summed E-state index contributed by atoms with van der Waals surface area (Å²) in [6.45, 7) is 1.79. The monoisotopic (exact) mass is 403 g/mol. The first-order valence-corrected chi connectivity index (χ1v) is 9.20. The van der Waals surface area contributed by atoms with Gasteiger partial charge in [0.25, 0.3) is 0 Å². The van der Waals surface area contributed by atoms with E-state index in [-0.39, 0.29) is 18.7 Å². The zero-order valence-corrected chi connectivity index (χ0v) is 15.7. The summed E-state index contributed by atoms with van der Waals surface area (Å²) < 4.78 is 44.9. The lowest BCUT2D eigenvalue weighted by Gasteiger charge is -2.30. The van der Waals surface area contributed by atoms with Crippen LogP contribution in [0.1, 0.15) is 30.4 Å². The minimum Gasteiger partial charge on any atom is -0.465 e. The standard InChI is InChI=1S/C22H20F3NO3/c1-2-29-21(28)20-16(14-8-4-3-5-9-14)12-15(13-19(20)27)26-18-11-7-6-10-17(18)22(23,24)25/h3-11,13,16,20,26H,2,12H2,1H3/t16-,20-/m0/s1. The number of benzene rings is 2. The first-order valence-electron chi connectivity index (χ1n) is 9.20. The van der Waals surface area contributed by atoms with E-state index < -0.39 is 35.3 Å². The Morgan fingerprint density at radius 3 is 2.41 bits per heavy atom. The van der Waals surface area contributed by atoms with Gasteiger partial charge >= 0.3 is 12.1 Å². The number of ketones is 1. The Morgan fingerprint density at radius 1 is 1.10 bits per heavy atom. The number of esters is 1. The molecule has 0 heterocycles. The second kappa shape index (κ2) is 8.51. The van der Waals surface area contributed by atoms with E-state index in [0.717, 1.165) is 11.6 Å². The number of carbonyl (C=O) groups is 2. The Morgan fingerprint density at radius 2 is 1.76 bits per heavy atom. The smallest absolute Gasteiger partial charge is 0.418 e. The van der Waals surface area contributed by atoms with E-state index in [0.29, 0.717) is 5.70 Å². The summed E-state index contributed by atoms with van der Waals surface area (Å²) in [6, 6.07) is 14.0. The molecule has 3 rings (SSSR count). The van der Waals surface area contributed by atoms with E-state index in [1.54, 1.807) is 31.2 Å². The van der Waals surface area contributed by atoms with Crippen molar-refractivity contribution in [3.8, 4) is 0 Å². The van der Waals surface area contributed by atoms with Crippen molar-refractivity contribution >= 4 is 17.4 Å². The molecule has 1 N–H and O–H groups in total. The van der Waals surface area contributed by atoms with Gasteiger partial charge in [0.15, 0.2) is 5.78 Å². The van der Waals surface area contributed by atoms with Gasteiger partial charge in [-0.2, -0.15) is 13.2 Å². The van der Waals surface area contributed by atoms with E-state index in [2.05, 4.69) is 5.32 Å². The molecule has 4 nitrogen and oxygen atoms in total. The molecule has 0 spiro atoms. The van der Waals surface area contributed by atoms with E-state index in [1.807, 2.05) is 6.07 Å². The molecular formula is C22H20F3NO3. The van der Waals surface area contributed by atoms with Crippen LogP contribution < -0.4 is 5.32 Å².